The lowest BCUT2D eigenvalue weighted by molar-refractivity contribution is 0.0525. The Morgan fingerprint density at radius 1 is 1.29 bits per heavy atom. The van der Waals surface area contributed by atoms with Crippen LogP contribution < -0.4 is 5.32 Å². The molecule has 4 rings (SSSR count). The van der Waals surface area contributed by atoms with Crippen molar-refractivity contribution in [3.8, 4) is 11.3 Å². The quantitative estimate of drug-likeness (QED) is 0.802. The van der Waals surface area contributed by atoms with Crippen molar-refractivity contribution in [2.45, 2.75) is 38.3 Å². The summed E-state index contributed by atoms with van der Waals surface area (Å²) >= 11 is 5.99. The van der Waals surface area contributed by atoms with Crippen LogP contribution in [0.2, 0.25) is 5.02 Å². The van der Waals surface area contributed by atoms with Crippen LogP contribution in [0.25, 0.3) is 11.3 Å². The third kappa shape index (κ3) is 3.71. The highest BCUT2D eigenvalue weighted by molar-refractivity contribution is 6.30. The zero-order valence-corrected chi connectivity index (χ0v) is 16.5. The van der Waals surface area contributed by atoms with Gasteiger partial charge in [-0.25, -0.2) is 4.79 Å². The van der Waals surface area contributed by atoms with E-state index in [0.29, 0.717) is 30.4 Å². The van der Waals surface area contributed by atoms with E-state index in [2.05, 4.69) is 12.2 Å². The van der Waals surface area contributed by atoms with Gasteiger partial charge in [-0.3, -0.25) is 9.48 Å². The van der Waals surface area contributed by atoms with Crippen LogP contribution in [0.1, 0.15) is 42.7 Å². The molecule has 2 unspecified atom stereocenters. The average Bonchev–Trinajstić information content (AvgIpc) is 3.30. The first-order chi connectivity index (χ1) is 13.5. The summed E-state index contributed by atoms with van der Waals surface area (Å²) in [4.78, 5) is 26.2. The van der Waals surface area contributed by atoms with Crippen molar-refractivity contribution in [2.75, 3.05) is 19.6 Å². The monoisotopic (exact) mass is 402 g/mol. The smallest absolute Gasteiger partial charge is 0.407 e. The zero-order chi connectivity index (χ0) is 19.7. The Bertz CT molecular complexity index is 880. The Morgan fingerprint density at radius 2 is 2.07 bits per heavy atom. The van der Waals surface area contributed by atoms with Gasteiger partial charge in [0.2, 0.25) is 0 Å². The van der Waals surface area contributed by atoms with Gasteiger partial charge in [-0.2, -0.15) is 5.10 Å². The number of amides is 2. The highest BCUT2D eigenvalue weighted by Crippen LogP contribution is 2.30. The molecule has 1 aromatic heterocycles. The van der Waals surface area contributed by atoms with E-state index < -0.39 is 6.09 Å². The van der Waals surface area contributed by atoms with Gasteiger partial charge < -0.3 is 15.0 Å². The first kappa shape index (κ1) is 18.8. The number of carbonyl (C=O) groups is 2. The van der Waals surface area contributed by atoms with Gasteiger partial charge in [-0.15, -0.1) is 0 Å². The number of hydrogen-bond acceptors (Lipinski definition) is 4. The highest BCUT2D eigenvalue weighted by atomic mass is 35.5. The van der Waals surface area contributed by atoms with Crippen molar-refractivity contribution >= 4 is 23.6 Å². The third-order valence-corrected chi connectivity index (χ3v) is 5.47. The van der Waals surface area contributed by atoms with Gasteiger partial charge in [0, 0.05) is 17.1 Å². The predicted molar refractivity (Wildman–Crippen MR) is 105 cm³/mol. The maximum atomic E-state index is 13.1. The minimum atomic E-state index is -0.424. The molecule has 148 valence electrons. The molecule has 1 fully saturated rings. The second kappa shape index (κ2) is 7.83. The van der Waals surface area contributed by atoms with E-state index >= 15 is 0 Å². The molecule has 0 saturated carbocycles. The van der Waals surface area contributed by atoms with Crippen LogP contribution >= 0.6 is 11.6 Å². The number of carbonyl (C=O) groups excluding carboxylic acids is 2. The van der Waals surface area contributed by atoms with Crippen molar-refractivity contribution in [1.82, 2.24) is 20.0 Å². The molecule has 1 saturated heterocycles. The molecule has 8 heteroatoms. The number of aromatic nitrogens is 2. The number of rotatable bonds is 6. The maximum Gasteiger partial charge on any atom is 0.407 e. The predicted octanol–water partition coefficient (Wildman–Crippen LogP) is 3.50. The Labute approximate surface area is 168 Å². The molecular weight excluding hydrogens is 380 g/mol. The Kier molecular flexibility index (Phi) is 5.26. The molecule has 0 radical (unpaired) electrons. The first-order valence-electron chi connectivity index (χ1n) is 9.64. The summed E-state index contributed by atoms with van der Waals surface area (Å²) in [6.45, 7) is 3.54. The van der Waals surface area contributed by atoms with Crippen LogP contribution in [0.5, 0.6) is 0 Å². The van der Waals surface area contributed by atoms with Gasteiger partial charge in [-0.05, 0) is 24.6 Å². The summed E-state index contributed by atoms with van der Waals surface area (Å²) in [7, 11) is 0. The average molecular weight is 403 g/mol. The summed E-state index contributed by atoms with van der Waals surface area (Å²) in [6, 6.07) is 9.40. The lowest BCUT2D eigenvalue weighted by Crippen LogP contribution is -2.47. The molecule has 2 aliphatic heterocycles. The maximum absolute atomic E-state index is 13.1. The fourth-order valence-electron chi connectivity index (χ4n) is 3.76. The van der Waals surface area contributed by atoms with E-state index in [4.69, 9.17) is 21.4 Å². The SMILES string of the molecule is CCCCC1CN(CC2CNC(=O)O2)C(=O)c2cc(-c3ccc(Cl)cc3)nn21. The number of fused-ring (bicyclic) bond motifs is 1. The number of ether oxygens (including phenoxy) is 1. The molecule has 28 heavy (non-hydrogen) atoms. The molecular formula is C20H23ClN4O3. The van der Waals surface area contributed by atoms with Crippen molar-refractivity contribution in [3.63, 3.8) is 0 Å². The molecule has 2 aromatic rings. The van der Waals surface area contributed by atoms with Gasteiger partial charge >= 0.3 is 6.09 Å². The van der Waals surface area contributed by atoms with Crippen molar-refractivity contribution in [3.05, 3.63) is 41.0 Å². The topological polar surface area (TPSA) is 76.5 Å². The van der Waals surface area contributed by atoms with Gasteiger partial charge in [0.15, 0.2) is 0 Å². The van der Waals surface area contributed by atoms with E-state index in [1.165, 1.54) is 0 Å². The van der Waals surface area contributed by atoms with Crippen LogP contribution in [-0.2, 0) is 4.74 Å². The van der Waals surface area contributed by atoms with E-state index in [1.807, 2.05) is 35.0 Å². The molecule has 2 amide bonds. The van der Waals surface area contributed by atoms with E-state index in [-0.39, 0.29) is 18.1 Å². The number of nitrogens with zero attached hydrogens (tertiary/aromatic N) is 3. The normalized spacial score (nSPS) is 21.4. The van der Waals surface area contributed by atoms with Crippen LogP contribution in [0, 0.1) is 0 Å². The molecule has 7 nitrogen and oxygen atoms in total. The lowest BCUT2D eigenvalue weighted by Gasteiger charge is -2.34. The van der Waals surface area contributed by atoms with Crippen molar-refractivity contribution in [1.29, 1.82) is 0 Å². The highest BCUT2D eigenvalue weighted by Gasteiger charge is 2.35. The molecule has 3 heterocycles. The van der Waals surface area contributed by atoms with E-state index in [1.54, 1.807) is 4.90 Å². The summed E-state index contributed by atoms with van der Waals surface area (Å²) in [6.07, 6.45) is 2.34. The number of hydrogen-bond donors (Lipinski definition) is 1. The van der Waals surface area contributed by atoms with Gasteiger partial charge in [0.25, 0.3) is 5.91 Å². The number of nitrogens with one attached hydrogen (secondary N) is 1. The molecule has 1 aromatic carbocycles. The Balaban J connectivity index is 1.62. The number of alkyl carbamates (subject to hydrolysis) is 1. The minimum absolute atomic E-state index is 0.0802. The van der Waals surface area contributed by atoms with Crippen molar-refractivity contribution < 1.29 is 14.3 Å². The number of cyclic esters (lactones) is 1. The molecule has 0 aliphatic carbocycles. The largest absolute Gasteiger partial charge is 0.442 e. The molecule has 1 N–H and O–H groups in total. The fraction of sp³-hybridized carbons (Fsp3) is 0.450. The third-order valence-electron chi connectivity index (χ3n) is 5.22. The Morgan fingerprint density at radius 3 is 2.75 bits per heavy atom. The molecule has 0 bridgehead atoms. The summed E-state index contributed by atoms with van der Waals surface area (Å²) in [5.41, 5.74) is 2.26. The van der Waals surface area contributed by atoms with Gasteiger partial charge in [-0.1, -0.05) is 43.5 Å². The Hall–Kier alpha value is -2.54. The van der Waals surface area contributed by atoms with Crippen LogP contribution in [0.3, 0.4) is 0 Å². The van der Waals surface area contributed by atoms with Crippen molar-refractivity contribution in [2.24, 2.45) is 0 Å². The zero-order valence-electron chi connectivity index (χ0n) is 15.7. The summed E-state index contributed by atoms with van der Waals surface area (Å²) < 4.78 is 7.10. The fourth-order valence-corrected chi connectivity index (χ4v) is 3.89. The summed E-state index contributed by atoms with van der Waals surface area (Å²) in [5, 5.41) is 8.05. The van der Waals surface area contributed by atoms with E-state index in [9.17, 15) is 9.59 Å². The number of unbranched alkanes of at least 4 members (excludes halogenated alkanes) is 1. The molecule has 0 spiro atoms. The van der Waals surface area contributed by atoms with Gasteiger partial charge in [0.1, 0.15) is 11.8 Å². The second-order valence-corrected chi connectivity index (χ2v) is 7.72. The second-order valence-electron chi connectivity index (χ2n) is 7.28. The standard InChI is InChI=1S/C20H23ClN4O3/c1-2-3-4-15-11-24(12-16-10-22-20(27)28-16)19(26)18-9-17(23-25(15)18)13-5-7-14(21)8-6-13/h5-9,15-16H,2-4,10-12H2,1H3,(H,22,27). The number of benzene rings is 1. The van der Waals surface area contributed by atoms with Crippen LogP contribution in [-0.4, -0.2) is 52.4 Å². The first-order valence-corrected chi connectivity index (χ1v) is 10.0. The van der Waals surface area contributed by atoms with Crippen LogP contribution in [0.15, 0.2) is 30.3 Å². The minimum Gasteiger partial charge on any atom is -0.442 e. The van der Waals surface area contributed by atoms with E-state index in [0.717, 1.165) is 30.5 Å². The lowest BCUT2D eigenvalue weighted by atomic mass is 10.1. The number of halogens is 1. The van der Waals surface area contributed by atoms with Crippen LogP contribution in [0.4, 0.5) is 4.79 Å². The molecule has 2 atom stereocenters. The van der Waals surface area contributed by atoms with Gasteiger partial charge in [0.05, 0.1) is 24.8 Å². The molecule has 2 aliphatic rings. The summed E-state index contributed by atoms with van der Waals surface area (Å²) in [5.74, 6) is -0.0802.